The SMILES string of the molecule is CCCNC(CC1OCCc2ccccc21)C1CCCO1. The van der Waals surface area contributed by atoms with E-state index in [1.165, 1.54) is 24.0 Å². The van der Waals surface area contributed by atoms with Gasteiger partial charge in [-0.25, -0.2) is 0 Å². The lowest BCUT2D eigenvalue weighted by Crippen LogP contribution is -2.41. The Morgan fingerprint density at radius 3 is 2.95 bits per heavy atom. The number of nitrogens with one attached hydrogen (secondary N) is 1. The fourth-order valence-electron chi connectivity index (χ4n) is 3.52. The van der Waals surface area contributed by atoms with Gasteiger partial charge < -0.3 is 14.8 Å². The molecule has 1 aromatic carbocycles. The lowest BCUT2D eigenvalue weighted by molar-refractivity contribution is 0.00573. The van der Waals surface area contributed by atoms with Crippen LogP contribution in [0.3, 0.4) is 0 Å². The highest BCUT2D eigenvalue weighted by Crippen LogP contribution is 2.32. The molecule has 3 heteroatoms. The topological polar surface area (TPSA) is 30.5 Å². The molecule has 0 radical (unpaired) electrons. The largest absolute Gasteiger partial charge is 0.377 e. The maximum absolute atomic E-state index is 6.08. The van der Waals surface area contributed by atoms with Crippen LogP contribution in [0.1, 0.15) is 49.8 Å². The van der Waals surface area contributed by atoms with Crippen molar-refractivity contribution in [3.63, 3.8) is 0 Å². The fraction of sp³-hybridized carbons (Fsp3) is 0.667. The van der Waals surface area contributed by atoms with Gasteiger partial charge in [0.1, 0.15) is 0 Å². The summed E-state index contributed by atoms with van der Waals surface area (Å²) in [5.41, 5.74) is 2.83. The third kappa shape index (κ3) is 3.65. The first-order valence-corrected chi connectivity index (χ1v) is 8.43. The van der Waals surface area contributed by atoms with Gasteiger partial charge in [0.15, 0.2) is 0 Å². The zero-order valence-electron chi connectivity index (χ0n) is 13.0. The summed E-state index contributed by atoms with van der Waals surface area (Å²) in [5.74, 6) is 0. The molecule has 0 saturated carbocycles. The number of benzene rings is 1. The Bertz CT molecular complexity index is 443. The minimum atomic E-state index is 0.216. The molecule has 2 aliphatic rings. The molecule has 3 unspecified atom stereocenters. The monoisotopic (exact) mass is 289 g/mol. The molecule has 1 aromatic rings. The molecule has 0 spiro atoms. The van der Waals surface area contributed by atoms with Crippen molar-refractivity contribution in [3.05, 3.63) is 35.4 Å². The molecule has 2 aliphatic heterocycles. The van der Waals surface area contributed by atoms with E-state index in [0.717, 1.165) is 39.0 Å². The van der Waals surface area contributed by atoms with Gasteiger partial charge in [0, 0.05) is 12.6 Å². The second-order valence-electron chi connectivity index (χ2n) is 6.16. The molecular formula is C18H27NO2. The van der Waals surface area contributed by atoms with E-state index in [9.17, 15) is 0 Å². The van der Waals surface area contributed by atoms with Gasteiger partial charge in [0.05, 0.1) is 18.8 Å². The Morgan fingerprint density at radius 1 is 1.24 bits per heavy atom. The summed E-state index contributed by atoms with van der Waals surface area (Å²) in [6.07, 6.45) is 6.15. The van der Waals surface area contributed by atoms with Crippen molar-refractivity contribution in [1.82, 2.24) is 5.32 Å². The number of hydrogen-bond acceptors (Lipinski definition) is 3. The highest BCUT2D eigenvalue weighted by Gasteiger charge is 2.30. The minimum absolute atomic E-state index is 0.216. The van der Waals surface area contributed by atoms with Crippen molar-refractivity contribution in [2.24, 2.45) is 0 Å². The lowest BCUT2D eigenvalue weighted by Gasteiger charge is -2.32. The van der Waals surface area contributed by atoms with Gasteiger partial charge in [-0.3, -0.25) is 0 Å². The summed E-state index contributed by atoms with van der Waals surface area (Å²) >= 11 is 0. The quantitative estimate of drug-likeness (QED) is 0.872. The van der Waals surface area contributed by atoms with Crippen LogP contribution >= 0.6 is 0 Å². The minimum Gasteiger partial charge on any atom is -0.377 e. The van der Waals surface area contributed by atoms with Crippen LogP contribution in [0, 0.1) is 0 Å². The molecule has 1 N–H and O–H groups in total. The first-order chi connectivity index (χ1) is 10.4. The van der Waals surface area contributed by atoms with Gasteiger partial charge >= 0.3 is 0 Å². The van der Waals surface area contributed by atoms with Crippen LogP contribution in [0.2, 0.25) is 0 Å². The molecule has 0 amide bonds. The molecule has 3 nitrogen and oxygen atoms in total. The second-order valence-corrected chi connectivity index (χ2v) is 6.16. The summed E-state index contributed by atoms with van der Waals surface area (Å²) in [5, 5.41) is 3.68. The molecule has 1 saturated heterocycles. The number of hydrogen-bond donors (Lipinski definition) is 1. The summed E-state index contributed by atoms with van der Waals surface area (Å²) < 4.78 is 12.0. The smallest absolute Gasteiger partial charge is 0.0843 e. The van der Waals surface area contributed by atoms with Crippen LogP contribution in [0.5, 0.6) is 0 Å². The van der Waals surface area contributed by atoms with E-state index in [-0.39, 0.29) is 6.10 Å². The van der Waals surface area contributed by atoms with Gasteiger partial charge in [0.25, 0.3) is 0 Å². The zero-order chi connectivity index (χ0) is 14.5. The number of ether oxygens (including phenoxy) is 2. The Labute approximate surface area is 128 Å². The molecular weight excluding hydrogens is 262 g/mol. The average molecular weight is 289 g/mol. The summed E-state index contributed by atoms with van der Waals surface area (Å²) in [6, 6.07) is 9.13. The van der Waals surface area contributed by atoms with Gasteiger partial charge in [-0.2, -0.15) is 0 Å². The van der Waals surface area contributed by atoms with Gasteiger partial charge in [-0.15, -0.1) is 0 Å². The predicted octanol–water partition coefficient (Wildman–Crippen LogP) is 3.24. The van der Waals surface area contributed by atoms with Crippen molar-refractivity contribution in [3.8, 4) is 0 Å². The fourth-order valence-corrected chi connectivity index (χ4v) is 3.52. The van der Waals surface area contributed by atoms with E-state index in [1.807, 2.05) is 0 Å². The standard InChI is InChI=1S/C18H27NO2/c1-2-10-19-16(17-8-5-11-20-17)13-18-15-7-4-3-6-14(15)9-12-21-18/h3-4,6-7,16-19H,2,5,8-13H2,1H3. The van der Waals surface area contributed by atoms with Crippen LogP contribution in [-0.4, -0.2) is 31.9 Å². The summed E-state index contributed by atoms with van der Waals surface area (Å²) in [4.78, 5) is 0. The van der Waals surface area contributed by atoms with E-state index in [0.29, 0.717) is 12.1 Å². The van der Waals surface area contributed by atoms with Crippen LogP contribution in [0.4, 0.5) is 0 Å². The zero-order valence-corrected chi connectivity index (χ0v) is 13.0. The Kier molecular flexibility index (Phi) is 5.28. The van der Waals surface area contributed by atoms with Crippen LogP contribution in [0.15, 0.2) is 24.3 Å². The third-order valence-electron chi connectivity index (χ3n) is 4.63. The van der Waals surface area contributed by atoms with Crippen LogP contribution in [-0.2, 0) is 15.9 Å². The molecule has 0 bridgehead atoms. The van der Waals surface area contributed by atoms with Crippen LogP contribution < -0.4 is 5.32 Å². The molecule has 2 heterocycles. The molecule has 1 fully saturated rings. The first-order valence-electron chi connectivity index (χ1n) is 8.43. The van der Waals surface area contributed by atoms with E-state index in [2.05, 4.69) is 36.5 Å². The second kappa shape index (κ2) is 7.39. The Morgan fingerprint density at radius 2 is 2.14 bits per heavy atom. The van der Waals surface area contributed by atoms with E-state index >= 15 is 0 Å². The lowest BCUT2D eigenvalue weighted by atomic mass is 9.91. The molecule has 3 rings (SSSR count). The first kappa shape index (κ1) is 15.0. The van der Waals surface area contributed by atoms with Gasteiger partial charge in [-0.05, 0) is 49.8 Å². The maximum atomic E-state index is 6.08. The predicted molar refractivity (Wildman–Crippen MR) is 84.5 cm³/mol. The molecule has 0 aliphatic carbocycles. The van der Waals surface area contributed by atoms with Gasteiger partial charge in [-0.1, -0.05) is 31.2 Å². The number of fused-ring (bicyclic) bond motifs is 1. The molecule has 0 aromatic heterocycles. The van der Waals surface area contributed by atoms with E-state index < -0.39 is 0 Å². The van der Waals surface area contributed by atoms with Crippen molar-refractivity contribution in [2.45, 2.75) is 57.3 Å². The van der Waals surface area contributed by atoms with Crippen molar-refractivity contribution in [1.29, 1.82) is 0 Å². The van der Waals surface area contributed by atoms with Crippen molar-refractivity contribution >= 4 is 0 Å². The highest BCUT2D eigenvalue weighted by molar-refractivity contribution is 5.31. The normalized spacial score (nSPS) is 26.5. The van der Waals surface area contributed by atoms with Gasteiger partial charge in [0.2, 0.25) is 0 Å². The Hall–Kier alpha value is -0.900. The van der Waals surface area contributed by atoms with E-state index in [4.69, 9.17) is 9.47 Å². The van der Waals surface area contributed by atoms with Crippen LogP contribution in [0.25, 0.3) is 0 Å². The molecule has 116 valence electrons. The molecule has 3 atom stereocenters. The highest BCUT2D eigenvalue weighted by atomic mass is 16.5. The van der Waals surface area contributed by atoms with E-state index in [1.54, 1.807) is 0 Å². The number of rotatable bonds is 6. The molecule has 21 heavy (non-hydrogen) atoms. The summed E-state index contributed by atoms with van der Waals surface area (Å²) in [6.45, 7) is 5.02. The maximum Gasteiger partial charge on any atom is 0.0843 e. The summed E-state index contributed by atoms with van der Waals surface area (Å²) in [7, 11) is 0. The van der Waals surface area contributed by atoms with Crippen molar-refractivity contribution < 1.29 is 9.47 Å². The Balaban J connectivity index is 1.70. The average Bonchev–Trinajstić information content (AvgIpc) is 3.06. The van der Waals surface area contributed by atoms with Crippen molar-refractivity contribution in [2.75, 3.05) is 19.8 Å². The third-order valence-corrected chi connectivity index (χ3v) is 4.63.